The van der Waals surface area contributed by atoms with E-state index in [9.17, 15) is 0 Å². The molecule has 0 fully saturated rings. The van der Waals surface area contributed by atoms with Crippen molar-refractivity contribution in [2.45, 2.75) is 45.7 Å². The Morgan fingerprint density at radius 1 is 1.05 bits per heavy atom. The Bertz CT molecular complexity index is 429. The highest BCUT2D eigenvalue weighted by molar-refractivity contribution is 5.33. The zero-order chi connectivity index (χ0) is 14.0. The molecule has 2 rings (SSSR count). The van der Waals surface area contributed by atoms with Crippen molar-refractivity contribution in [2.75, 3.05) is 27.2 Å². The molecule has 0 aliphatic carbocycles. The Morgan fingerprint density at radius 2 is 1.68 bits per heavy atom. The molecule has 0 unspecified atom stereocenters. The van der Waals surface area contributed by atoms with Crippen LogP contribution < -0.4 is 0 Å². The van der Waals surface area contributed by atoms with Crippen LogP contribution >= 0.6 is 0 Å². The molecule has 1 aliphatic heterocycles. The van der Waals surface area contributed by atoms with Gasteiger partial charge < -0.3 is 4.90 Å². The van der Waals surface area contributed by atoms with Gasteiger partial charge >= 0.3 is 0 Å². The van der Waals surface area contributed by atoms with Gasteiger partial charge in [-0.15, -0.1) is 0 Å². The summed E-state index contributed by atoms with van der Waals surface area (Å²) in [4.78, 5) is 4.85. The molecule has 0 N–H and O–H groups in total. The number of fused-ring (bicyclic) bond motifs is 1. The lowest BCUT2D eigenvalue weighted by atomic mass is 10.00. The van der Waals surface area contributed by atoms with E-state index in [0.717, 1.165) is 6.54 Å². The molecule has 0 atom stereocenters. The predicted molar refractivity (Wildman–Crippen MR) is 82.6 cm³/mol. The maximum absolute atomic E-state index is 2.61. The molecule has 0 saturated carbocycles. The monoisotopic (exact) mass is 260 g/mol. The van der Waals surface area contributed by atoms with Crippen LogP contribution in [0.5, 0.6) is 0 Å². The van der Waals surface area contributed by atoms with Crippen LogP contribution in [0.4, 0.5) is 0 Å². The third-order valence-corrected chi connectivity index (χ3v) is 4.02. The number of nitrogens with zero attached hydrogens (tertiary/aromatic N) is 2. The molecule has 106 valence electrons. The van der Waals surface area contributed by atoms with Gasteiger partial charge in [0.1, 0.15) is 0 Å². The summed E-state index contributed by atoms with van der Waals surface area (Å²) in [5, 5.41) is 0. The number of hydrogen-bond acceptors (Lipinski definition) is 2. The quantitative estimate of drug-likeness (QED) is 0.806. The summed E-state index contributed by atoms with van der Waals surface area (Å²) in [5.74, 6) is 0. The van der Waals surface area contributed by atoms with E-state index in [4.69, 9.17) is 0 Å². The van der Waals surface area contributed by atoms with E-state index in [1.165, 1.54) is 31.5 Å². The summed E-state index contributed by atoms with van der Waals surface area (Å²) in [7, 11) is 4.26. The maximum Gasteiger partial charge on any atom is 0.0227 e. The van der Waals surface area contributed by atoms with Gasteiger partial charge in [0.2, 0.25) is 0 Å². The van der Waals surface area contributed by atoms with Crippen molar-refractivity contribution in [2.24, 2.45) is 0 Å². The van der Waals surface area contributed by atoms with Crippen LogP contribution in [0.3, 0.4) is 0 Å². The molecular formula is C17H28N2. The van der Waals surface area contributed by atoms with Gasteiger partial charge in [-0.2, -0.15) is 0 Å². The highest BCUT2D eigenvalue weighted by Gasteiger charge is 2.23. The highest BCUT2D eigenvalue weighted by atomic mass is 15.2. The van der Waals surface area contributed by atoms with Gasteiger partial charge in [0, 0.05) is 25.2 Å². The summed E-state index contributed by atoms with van der Waals surface area (Å²) in [6.07, 6.45) is 2.38. The SMILES string of the molecule is CN(C)Cc1ccc2c(c1)CCN(C(C)(C)C)CC2. The molecule has 0 amide bonds. The Labute approximate surface area is 118 Å². The average molecular weight is 260 g/mol. The standard InChI is InChI=1S/C17H28N2/c1-17(2,3)19-10-8-15-7-6-14(13-18(4)5)12-16(15)9-11-19/h6-7,12H,8-11,13H2,1-5H3. The molecule has 2 heteroatoms. The maximum atomic E-state index is 2.61. The average Bonchev–Trinajstić information content (AvgIpc) is 2.49. The third-order valence-electron chi connectivity index (χ3n) is 4.02. The fourth-order valence-corrected chi connectivity index (χ4v) is 2.91. The van der Waals surface area contributed by atoms with E-state index in [2.05, 4.69) is 62.9 Å². The number of hydrogen-bond donors (Lipinski definition) is 0. The Balaban J connectivity index is 2.14. The van der Waals surface area contributed by atoms with E-state index in [0.29, 0.717) is 0 Å². The number of benzene rings is 1. The van der Waals surface area contributed by atoms with Crippen LogP contribution in [0.25, 0.3) is 0 Å². The lowest BCUT2D eigenvalue weighted by Crippen LogP contribution is -2.42. The van der Waals surface area contributed by atoms with Gasteiger partial charge in [-0.3, -0.25) is 4.90 Å². The van der Waals surface area contributed by atoms with Crippen LogP contribution in [0.1, 0.15) is 37.5 Å². The summed E-state index contributed by atoms with van der Waals surface area (Å²) in [5.41, 5.74) is 4.84. The van der Waals surface area contributed by atoms with E-state index in [1.54, 1.807) is 11.1 Å². The first-order valence-corrected chi connectivity index (χ1v) is 7.37. The third kappa shape index (κ3) is 3.80. The first-order chi connectivity index (χ1) is 8.86. The second kappa shape index (κ2) is 5.64. The summed E-state index contributed by atoms with van der Waals surface area (Å²) in [6, 6.07) is 7.06. The molecule has 1 aromatic rings. The zero-order valence-electron chi connectivity index (χ0n) is 13.2. The second-order valence-electron chi connectivity index (χ2n) is 7.00. The van der Waals surface area contributed by atoms with Crippen LogP contribution in [0, 0.1) is 0 Å². The fraction of sp³-hybridized carbons (Fsp3) is 0.647. The summed E-state index contributed by atoms with van der Waals surface area (Å²) < 4.78 is 0. The van der Waals surface area contributed by atoms with Crippen LogP contribution in [0.2, 0.25) is 0 Å². The first kappa shape index (κ1) is 14.5. The lowest BCUT2D eigenvalue weighted by Gasteiger charge is -2.34. The van der Waals surface area contributed by atoms with Crippen LogP contribution in [-0.4, -0.2) is 42.5 Å². The minimum Gasteiger partial charge on any atom is -0.305 e. The molecule has 1 aliphatic rings. The van der Waals surface area contributed by atoms with Crippen molar-refractivity contribution < 1.29 is 0 Å². The van der Waals surface area contributed by atoms with Gasteiger partial charge in [-0.25, -0.2) is 0 Å². The van der Waals surface area contributed by atoms with Crippen LogP contribution in [0.15, 0.2) is 18.2 Å². The van der Waals surface area contributed by atoms with Gasteiger partial charge in [-0.1, -0.05) is 18.2 Å². The fourth-order valence-electron chi connectivity index (χ4n) is 2.91. The van der Waals surface area contributed by atoms with E-state index < -0.39 is 0 Å². The summed E-state index contributed by atoms with van der Waals surface area (Å²) >= 11 is 0. The van der Waals surface area contributed by atoms with E-state index in [1.807, 2.05) is 0 Å². The summed E-state index contributed by atoms with van der Waals surface area (Å²) in [6.45, 7) is 10.4. The Hall–Kier alpha value is -0.860. The topological polar surface area (TPSA) is 6.48 Å². The zero-order valence-corrected chi connectivity index (χ0v) is 13.2. The van der Waals surface area contributed by atoms with Crippen molar-refractivity contribution in [1.29, 1.82) is 0 Å². The molecule has 1 heterocycles. The van der Waals surface area contributed by atoms with Crippen molar-refractivity contribution >= 4 is 0 Å². The second-order valence-corrected chi connectivity index (χ2v) is 7.00. The number of rotatable bonds is 2. The van der Waals surface area contributed by atoms with E-state index in [-0.39, 0.29) is 5.54 Å². The molecule has 0 aromatic heterocycles. The van der Waals surface area contributed by atoms with Crippen molar-refractivity contribution in [1.82, 2.24) is 9.80 Å². The van der Waals surface area contributed by atoms with Gasteiger partial charge in [0.15, 0.2) is 0 Å². The van der Waals surface area contributed by atoms with Crippen molar-refractivity contribution in [3.05, 3.63) is 34.9 Å². The smallest absolute Gasteiger partial charge is 0.0227 e. The van der Waals surface area contributed by atoms with Gasteiger partial charge in [-0.05, 0) is 64.4 Å². The first-order valence-electron chi connectivity index (χ1n) is 7.37. The highest BCUT2D eigenvalue weighted by Crippen LogP contribution is 2.22. The van der Waals surface area contributed by atoms with Crippen molar-refractivity contribution in [3.63, 3.8) is 0 Å². The molecule has 0 radical (unpaired) electrons. The predicted octanol–water partition coefficient (Wildman–Crippen LogP) is 2.95. The Morgan fingerprint density at radius 3 is 2.26 bits per heavy atom. The van der Waals surface area contributed by atoms with Gasteiger partial charge in [0.05, 0.1) is 0 Å². The molecule has 2 nitrogen and oxygen atoms in total. The van der Waals surface area contributed by atoms with E-state index >= 15 is 0 Å². The lowest BCUT2D eigenvalue weighted by molar-refractivity contribution is 0.144. The molecule has 0 spiro atoms. The minimum absolute atomic E-state index is 0.286. The molecule has 0 saturated heterocycles. The molecule has 0 bridgehead atoms. The van der Waals surface area contributed by atoms with Crippen LogP contribution in [-0.2, 0) is 19.4 Å². The largest absolute Gasteiger partial charge is 0.305 e. The molecule has 1 aromatic carbocycles. The molecule has 19 heavy (non-hydrogen) atoms. The normalized spacial score (nSPS) is 17.4. The van der Waals surface area contributed by atoms with Gasteiger partial charge in [0.25, 0.3) is 0 Å². The van der Waals surface area contributed by atoms with Crippen molar-refractivity contribution in [3.8, 4) is 0 Å². The molecular weight excluding hydrogens is 232 g/mol. The Kier molecular flexibility index (Phi) is 4.32. The minimum atomic E-state index is 0.286.